The average Bonchev–Trinajstić information content (AvgIpc) is 3.35. The zero-order valence-electron chi connectivity index (χ0n) is 15.9. The summed E-state index contributed by atoms with van der Waals surface area (Å²) in [4.78, 5) is 26.8. The van der Waals surface area contributed by atoms with Gasteiger partial charge in [0.05, 0.1) is 22.6 Å². The normalized spacial score (nSPS) is 22.3. The second kappa shape index (κ2) is 8.42. The Morgan fingerprint density at radius 3 is 2.38 bits per heavy atom. The van der Waals surface area contributed by atoms with Crippen molar-refractivity contribution >= 4 is 37.1 Å². The Bertz CT molecular complexity index is 879. The molecular weight excluding hydrogens is 406 g/mol. The molecule has 2 heterocycles. The number of likely N-dealkylation sites (tertiary alicyclic amines) is 1. The van der Waals surface area contributed by atoms with Gasteiger partial charge in [0.1, 0.15) is 11.5 Å². The van der Waals surface area contributed by atoms with E-state index in [-0.39, 0.29) is 30.9 Å². The van der Waals surface area contributed by atoms with E-state index in [9.17, 15) is 9.59 Å². The second-order valence-electron chi connectivity index (χ2n) is 7.42. The summed E-state index contributed by atoms with van der Waals surface area (Å²) in [6.07, 6.45) is 1.60. The van der Waals surface area contributed by atoms with Crippen LogP contribution in [-0.4, -0.2) is 33.5 Å². The van der Waals surface area contributed by atoms with E-state index in [1.54, 1.807) is 0 Å². The molecule has 2 fully saturated rings. The highest BCUT2D eigenvalue weighted by Gasteiger charge is 2.52. The van der Waals surface area contributed by atoms with Crippen LogP contribution >= 0.6 is 25.3 Å². The summed E-state index contributed by atoms with van der Waals surface area (Å²) in [6, 6.07) is 16.9. The number of thiol groups is 2. The molecule has 2 saturated heterocycles. The fraction of sp³-hybridized carbons (Fsp3) is 0.364. The van der Waals surface area contributed by atoms with Crippen molar-refractivity contribution in [1.29, 1.82) is 0 Å². The van der Waals surface area contributed by atoms with Crippen LogP contribution in [0.25, 0.3) is 0 Å². The number of rotatable bonds is 6. The van der Waals surface area contributed by atoms with Crippen LogP contribution in [0.5, 0.6) is 11.5 Å². The first kappa shape index (κ1) is 20.3. The lowest BCUT2D eigenvalue weighted by Crippen LogP contribution is -2.43. The van der Waals surface area contributed by atoms with Gasteiger partial charge >= 0.3 is 0 Å². The lowest BCUT2D eigenvalue weighted by Gasteiger charge is -2.33. The molecule has 0 bridgehead atoms. The highest BCUT2D eigenvalue weighted by molar-refractivity contribution is 8.00. The van der Waals surface area contributed by atoms with Crippen LogP contribution in [-0.2, 0) is 20.9 Å². The third-order valence-corrected chi connectivity index (χ3v) is 6.60. The van der Waals surface area contributed by atoms with Gasteiger partial charge in [-0.1, -0.05) is 30.3 Å². The quantitative estimate of drug-likeness (QED) is 0.413. The maximum atomic E-state index is 13.0. The maximum Gasteiger partial charge on any atom is 0.235 e. The summed E-state index contributed by atoms with van der Waals surface area (Å²) >= 11 is 9.25. The van der Waals surface area contributed by atoms with E-state index in [0.717, 1.165) is 24.2 Å². The number of ether oxygens (including phenoxy) is 2. The Balaban J connectivity index is 1.42. The zero-order chi connectivity index (χ0) is 20.4. The zero-order valence-corrected chi connectivity index (χ0v) is 17.6. The molecule has 2 amide bonds. The summed E-state index contributed by atoms with van der Waals surface area (Å²) in [7, 11) is 0. The van der Waals surface area contributed by atoms with Crippen LogP contribution in [0.15, 0.2) is 54.6 Å². The van der Waals surface area contributed by atoms with Crippen molar-refractivity contribution in [3.05, 3.63) is 60.2 Å². The SMILES string of the molecule is O=C1CC(C(S)(S)C2CCCO2)C(=O)N1Cc1ccc(Oc2ccccc2)cc1. The minimum absolute atomic E-state index is 0.112. The van der Waals surface area contributed by atoms with Crippen LogP contribution < -0.4 is 4.74 Å². The topological polar surface area (TPSA) is 55.8 Å². The van der Waals surface area contributed by atoms with Gasteiger partial charge in [0.15, 0.2) is 0 Å². The minimum Gasteiger partial charge on any atom is -0.457 e. The molecule has 0 radical (unpaired) electrons. The number of carbonyl (C=O) groups excluding carboxylic acids is 2. The summed E-state index contributed by atoms with van der Waals surface area (Å²) in [5, 5.41) is 0. The Labute approximate surface area is 181 Å². The van der Waals surface area contributed by atoms with Crippen LogP contribution in [0, 0.1) is 5.92 Å². The molecule has 0 aliphatic carbocycles. The van der Waals surface area contributed by atoms with Crippen molar-refractivity contribution < 1.29 is 19.1 Å². The smallest absolute Gasteiger partial charge is 0.235 e. The van der Waals surface area contributed by atoms with Crippen molar-refractivity contribution in [2.24, 2.45) is 5.92 Å². The summed E-state index contributed by atoms with van der Waals surface area (Å²) in [6.45, 7) is 0.868. The third kappa shape index (κ3) is 4.32. The van der Waals surface area contributed by atoms with Gasteiger partial charge in [0.25, 0.3) is 0 Å². The first-order valence-corrected chi connectivity index (χ1v) is 10.6. The average molecular weight is 430 g/mol. The van der Waals surface area contributed by atoms with E-state index < -0.39 is 10.00 Å². The second-order valence-corrected chi connectivity index (χ2v) is 9.25. The molecule has 29 heavy (non-hydrogen) atoms. The molecule has 7 heteroatoms. The third-order valence-electron chi connectivity index (χ3n) is 5.40. The highest BCUT2D eigenvalue weighted by Crippen LogP contribution is 2.44. The van der Waals surface area contributed by atoms with Crippen LogP contribution in [0.3, 0.4) is 0 Å². The molecule has 2 aromatic carbocycles. The minimum atomic E-state index is -0.953. The lowest BCUT2D eigenvalue weighted by molar-refractivity contribution is -0.140. The van der Waals surface area contributed by atoms with Gasteiger partial charge in [0, 0.05) is 13.0 Å². The van der Waals surface area contributed by atoms with Gasteiger partial charge in [-0.2, -0.15) is 25.3 Å². The number of benzene rings is 2. The molecular formula is C22H23NO4S2. The van der Waals surface area contributed by atoms with Crippen LogP contribution in [0.1, 0.15) is 24.8 Å². The molecule has 2 atom stereocenters. The van der Waals surface area contributed by atoms with Crippen molar-refractivity contribution in [2.45, 2.75) is 36.0 Å². The van der Waals surface area contributed by atoms with Gasteiger partial charge < -0.3 is 9.47 Å². The van der Waals surface area contributed by atoms with Gasteiger partial charge in [-0.3, -0.25) is 14.5 Å². The molecule has 5 nitrogen and oxygen atoms in total. The summed E-state index contributed by atoms with van der Waals surface area (Å²) in [5.41, 5.74) is 0.855. The molecule has 0 N–H and O–H groups in total. The largest absolute Gasteiger partial charge is 0.457 e. The monoisotopic (exact) mass is 429 g/mol. The molecule has 2 unspecified atom stereocenters. The molecule has 0 saturated carbocycles. The first-order valence-electron chi connectivity index (χ1n) is 9.67. The first-order chi connectivity index (χ1) is 13.9. The molecule has 2 aliphatic rings. The van der Waals surface area contributed by atoms with Crippen LogP contribution in [0.4, 0.5) is 0 Å². The fourth-order valence-corrected chi connectivity index (χ4v) is 4.60. The Kier molecular flexibility index (Phi) is 5.90. The van der Waals surface area contributed by atoms with Crippen molar-refractivity contribution in [2.75, 3.05) is 6.61 Å². The van der Waals surface area contributed by atoms with Gasteiger partial charge in [0.2, 0.25) is 11.8 Å². The number of hydrogen-bond acceptors (Lipinski definition) is 6. The molecule has 0 aromatic heterocycles. The van der Waals surface area contributed by atoms with Crippen molar-refractivity contribution in [1.82, 2.24) is 4.90 Å². The fourth-order valence-electron chi connectivity index (χ4n) is 3.79. The van der Waals surface area contributed by atoms with E-state index in [4.69, 9.17) is 9.47 Å². The maximum absolute atomic E-state index is 13.0. The lowest BCUT2D eigenvalue weighted by atomic mass is 9.96. The number of imide groups is 1. The standard InChI is InChI=1S/C22H23NO4S2/c24-20-13-18(22(28,29)19-7-4-12-26-19)21(25)23(20)14-15-8-10-17(11-9-15)27-16-5-2-1-3-6-16/h1-3,5-6,8-11,18-19,28-29H,4,7,12-14H2. The highest BCUT2D eigenvalue weighted by atomic mass is 32.2. The number of nitrogens with zero attached hydrogens (tertiary/aromatic N) is 1. The number of carbonyl (C=O) groups is 2. The number of amides is 2. The van der Waals surface area contributed by atoms with Gasteiger partial charge in [-0.15, -0.1) is 0 Å². The van der Waals surface area contributed by atoms with E-state index in [2.05, 4.69) is 25.3 Å². The summed E-state index contributed by atoms with van der Waals surface area (Å²) < 4.78 is 10.5. The molecule has 0 spiro atoms. The Hall–Kier alpha value is -1.96. The van der Waals surface area contributed by atoms with E-state index in [1.165, 1.54) is 4.90 Å². The predicted octanol–water partition coefficient (Wildman–Crippen LogP) is 4.09. The predicted molar refractivity (Wildman–Crippen MR) is 116 cm³/mol. The van der Waals surface area contributed by atoms with Crippen molar-refractivity contribution in [3.63, 3.8) is 0 Å². The van der Waals surface area contributed by atoms with Gasteiger partial charge in [-0.05, 0) is 42.7 Å². The molecule has 4 rings (SSSR count). The Morgan fingerprint density at radius 2 is 1.72 bits per heavy atom. The molecule has 2 aliphatic heterocycles. The molecule has 152 valence electrons. The van der Waals surface area contributed by atoms with E-state index in [0.29, 0.717) is 12.4 Å². The Morgan fingerprint density at radius 1 is 1.03 bits per heavy atom. The van der Waals surface area contributed by atoms with Crippen molar-refractivity contribution in [3.8, 4) is 11.5 Å². The van der Waals surface area contributed by atoms with Crippen LogP contribution in [0.2, 0.25) is 0 Å². The van der Waals surface area contributed by atoms with E-state index in [1.807, 2.05) is 54.6 Å². The van der Waals surface area contributed by atoms with E-state index >= 15 is 0 Å². The summed E-state index contributed by atoms with van der Waals surface area (Å²) in [5.74, 6) is 0.418. The van der Waals surface area contributed by atoms with Gasteiger partial charge in [-0.25, -0.2) is 0 Å². The number of para-hydroxylation sites is 1. The molecule has 2 aromatic rings. The number of hydrogen-bond donors (Lipinski definition) is 2.